The van der Waals surface area contributed by atoms with Gasteiger partial charge in [-0.3, -0.25) is 14.4 Å². The predicted octanol–water partition coefficient (Wildman–Crippen LogP) is 2.05. The van der Waals surface area contributed by atoms with Crippen molar-refractivity contribution in [3.63, 3.8) is 0 Å². The molecule has 1 aliphatic heterocycles. The van der Waals surface area contributed by atoms with Gasteiger partial charge in [0.1, 0.15) is 0 Å². The number of carbonyl (C=O) groups excluding carboxylic acids is 3. The summed E-state index contributed by atoms with van der Waals surface area (Å²) in [4.78, 5) is 38.1. The molecule has 0 unspecified atom stereocenters. The molecular formula is C19H24O6. The van der Waals surface area contributed by atoms with E-state index in [0.29, 0.717) is 26.1 Å². The summed E-state index contributed by atoms with van der Waals surface area (Å²) in [7, 11) is 0. The van der Waals surface area contributed by atoms with E-state index in [1.165, 1.54) is 0 Å². The van der Waals surface area contributed by atoms with Crippen molar-refractivity contribution in [2.24, 2.45) is 5.92 Å². The first kappa shape index (κ1) is 19.1. The number of hydrogen-bond donors (Lipinski definition) is 0. The summed E-state index contributed by atoms with van der Waals surface area (Å²) in [5, 5.41) is 0. The largest absolute Gasteiger partial charge is 0.465 e. The van der Waals surface area contributed by atoms with E-state index in [1.807, 2.05) is 30.3 Å². The molecule has 0 saturated carbocycles. The van der Waals surface area contributed by atoms with Crippen molar-refractivity contribution in [3.8, 4) is 0 Å². The smallest absolute Gasteiger partial charge is 0.328 e. The van der Waals surface area contributed by atoms with Gasteiger partial charge in [-0.1, -0.05) is 30.3 Å². The third-order valence-electron chi connectivity index (χ3n) is 4.45. The van der Waals surface area contributed by atoms with Crippen LogP contribution < -0.4 is 0 Å². The molecule has 1 saturated heterocycles. The van der Waals surface area contributed by atoms with Crippen molar-refractivity contribution in [2.45, 2.75) is 32.1 Å². The fourth-order valence-corrected chi connectivity index (χ4v) is 3.19. The second kappa shape index (κ2) is 8.76. The third-order valence-corrected chi connectivity index (χ3v) is 4.45. The van der Waals surface area contributed by atoms with Gasteiger partial charge in [-0.2, -0.15) is 0 Å². The molecule has 0 amide bonds. The van der Waals surface area contributed by atoms with E-state index in [-0.39, 0.29) is 13.2 Å². The lowest BCUT2D eigenvalue weighted by Gasteiger charge is -2.37. The van der Waals surface area contributed by atoms with Crippen LogP contribution in [0.15, 0.2) is 30.3 Å². The highest BCUT2D eigenvalue weighted by Gasteiger charge is 2.50. The molecule has 0 aromatic heterocycles. The second-order valence-corrected chi connectivity index (χ2v) is 5.86. The zero-order chi connectivity index (χ0) is 18.3. The van der Waals surface area contributed by atoms with E-state index < -0.39 is 29.1 Å². The Bertz CT molecular complexity index is 586. The second-order valence-electron chi connectivity index (χ2n) is 5.86. The molecule has 6 nitrogen and oxygen atoms in total. The zero-order valence-electron chi connectivity index (χ0n) is 14.7. The summed E-state index contributed by atoms with van der Waals surface area (Å²) in [6.07, 6.45) is 0.816. The molecule has 1 aromatic carbocycles. The molecule has 0 N–H and O–H groups in total. The predicted molar refractivity (Wildman–Crippen MR) is 89.9 cm³/mol. The lowest BCUT2D eigenvalue weighted by molar-refractivity contribution is -0.166. The highest BCUT2D eigenvalue weighted by molar-refractivity contribution is 6.18. The van der Waals surface area contributed by atoms with E-state index in [2.05, 4.69) is 0 Å². The van der Waals surface area contributed by atoms with Crippen molar-refractivity contribution in [1.29, 1.82) is 0 Å². The van der Waals surface area contributed by atoms with Crippen LogP contribution in [-0.4, -0.2) is 44.1 Å². The summed E-state index contributed by atoms with van der Waals surface area (Å²) < 4.78 is 15.4. The first-order chi connectivity index (χ1) is 12.1. The molecule has 1 aromatic rings. The Morgan fingerprint density at radius 3 is 2.00 bits per heavy atom. The molecule has 136 valence electrons. The first-order valence-electron chi connectivity index (χ1n) is 8.57. The maximum Gasteiger partial charge on any atom is 0.328 e. The molecule has 1 aliphatic rings. The van der Waals surface area contributed by atoms with Gasteiger partial charge in [0.05, 0.1) is 18.6 Å². The summed E-state index contributed by atoms with van der Waals surface area (Å²) in [5.41, 5.74) is -0.175. The summed E-state index contributed by atoms with van der Waals surface area (Å²) in [6, 6.07) is 9.22. The van der Waals surface area contributed by atoms with Gasteiger partial charge in [0, 0.05) is 13.2 Å². The average Bonchev–Trinajstić information content (AvgIpc) is 2.63. The average molecular weight is 348 g/mol. The topological polar surface area (TPSA) is 78.9 Å². The van der Waals surface area contributed by atoms with Crippen molar-refractivity contribution in [3.05, 3.63) is 35.9 Å². The Labute approximate surface area is 147 Å². The minimum absolute atomic E-state index is 0.0868. The van der Waals surface area contributed by atoms with Crippen LogP contribution in [0.3, 0.4) is 0 Å². The van der Waals surface area contributed by atoms with Crippen LogP contribution in [-0.2, 0) is 34.0 Å². The van der Waals surface area contributed by atoms with Gasteiger partial charge in [-0.15, -0.1) is 0 Å². The van der Waals surface area contributed by atoms with Gasteiger partial charge >= 0.3 is 11.9 Å². The van der Waals surface area contributed by atoms with Crippen LogP contribution in [0.2, 0.25) is 0 Å². The van der Waals surface area contributed by atoms with E-state index in [1.54, 1.807) is 13.8 Å². The minimum atomic E-state index is -1.57. The van der Waals surface area contributed by atoms with Crippen LogP contribution in [0, 0.1) is 5.92 Å². The summed E-state index contributed by atoms with van der Waals surface area (Å²) in [5.74, 6) is -3.75. The number of benzene rings is 1. The fraction of sp³-hybridized carbons (Fsp3) is 0.526. The molecule has 0 bridgehead atoms. The molecule has 0 spiro atoms. The van der Waals surface area contributed by atoms with E-state index >= 15 is 0 Å². The summed E-state index contributed by atoms with van der Waals surface area (Å²) >= 11 is 0. The van der Waals surface area contributed by atoms with Gasteiger partial charge in [0.2, 0.25) is 5.92 Å². The maximum atomic E-state index is 13.4. The van der Waals surface area contributed by atoms with Gasteiger partial charge in [-0.25, -0.2) is 0 Å². The number of ether oxygens (including phenoxy) is 3. The van der Waals surface area contributed by atoms with Crippen LogP contribution in [0.25, 0.3) is 0 Å². The third kappa shape index (κ3) is 4.07. The molecule has 0 radical (unpaired) electrons. The summed E-state index contributed by atoms with van der Waals surface area (Å²) in [6.45, 7) is 4.21. The van der Waals surface area contributed by atoms with Gasteiger partial charge < -0.3 is 14.2 Å². The lowest BCUT2D eigenvalue weighted by Crippen LogP contribution is -2.49. The lowest BCUT2D eigenvalue weighted by atomic mass is 9.67. The highest BCUT2D eigenvalue weighted by atomic mass is 16.6. The molecule has 0 atom stereocenters. The normalized spacial score (nSPS) is 16.3. The Hall–Kier alpha value is -2.21. The molecule has 0 aliphatic carbocycles. The van der Waals surface area contributed by atoms with Crippen molar-refractivity contribution < 1.29 is 28.6 Å². The SMILES string of the molecule is CCOC(=O)C(C(=O)OCC)C(=O)C1(c2ccccc2)CCOCC1. The number of Topliss-reactive ketones (excluding diaryl/α,β-unsaturated/α-hetero) is 1. The number of ketones is 1. The minimum Gasteiger partial charge on any atom is -0.465 e. The molecule has 6 heteroatoms. The fourth-order valence-electron chi connectivity index (χ4n) is 3.19. The first-order valence-corrected chi connectivity index (χ1v) is 8.57. The van der Waals surface area contributed by atoms with E-state index in [0.717, 1.165) is 5.56 Å². The van der Waals surface area contributed by atoms with Gasteiger partial charge in [0.15, 0.2) is 5.78 Å². The maximum absolute atomic E-state index is 13.4. The Morgan fingerprint density at radius 2 is 1.52 bits per heavy atom. The highest BCUT2D eigenvalue weighted by Crippen LogP contribution is 2.38. The van der Waals surface area contributed by atoms with Crippen LogP contribution in [0.5, 0.6) is 0 Å². The molecule has 2 rings (SSSR count). The van der Waals surface area contributed by atoms with Gasteiger partial charge in [0.25, 0.3) is 0 Å². The zero-order valence-corrected chi connectivity index (χ0v) is 14.7. The number of esters is 2. The Kier molecular flexibility index (Phi) is 6.70. The molecule has 1 fully saturated rings. The molecule has 25 heavy (non-hydrogen) atoms. The van der Waals surface area contributed by atoms with Crippen LogP contribution in [0.4, 0.5) is 0 Å². The van der Waals surface area contributed by atoms with Crippen LogP contribution in [0.1, 0.15) is 32.3 Å². The van der Waals surface area contributed by atoms with Crippen molar-refractivity contribution in [1.82, 2.24) is 0 Å². The number of rotatable bonds is 7. The van der Waals surface area contributed by atoms with E-state index in [9.17, 15) is 14.4 Å². The quantitative estimate of drug-likeness (QED) is 0.554. The van der Waals surface area contributed by atoms with Crippen molar-refractivity contribution in [2.75, 3.05) is 26.4 Å². The van der Waals surface area contributed by atoms with Crippen molar-refractivity contribution >= 4 is 17.7 Å². The Morgan fingerprint density at radius 1 is 1.00 bits per heavy atom. The molecule has 1 heterocycles. The standard InChI is InChI=1S/C19H24O6/c1-3-24-17(21)15(18(22)25-4-2)16(20)19(10-12-23-13-11-19)14-8-6-5-7-9-14/h5-9,15H,3-4,10-13H2,1-2H3. The molecular weight excluding hydrogens is 324 g/mol. The number of hydrogen-bond acceptors (Lipinski definition) is 6. The Balaban J connectivity index is 2.44. The number of carbonyl (C=O) groups is 3. The van der Waals surface area contributed by atoms with Gasteiger partial charge in [-0.05, 0) is 32.3 Å². The monoisotopic (exact) mass is 348 g/mol. The van der Waals surface area contributed by atoms with Crippen LogP contribution >= 0.6 is 0 Å². The van der Waals surface area contributed by atoms with E-state index in [4.69, 9.17) is 14.2 Å².